The smallest absolute Gasteiger partial charge is 0.119 e. The van der Waals surface area contributed by atoms with Gasteiger partial charge in [0.05, 0.1) is 12.7 Å². The van der Waals surface area contributed by atoms with E-state index in [-0.39, 0.29) is 18.5 Å². The average Bonchev–Trinajstić information content (AvgIpc) is 2.38. The van der Waals surface area contributed by atoms with Crippen LogP contribution in [0.3, 0.4) is 0 Å². The molecule has 0 bridgehead atoms. The maximum Gasteiger partial charge on any atom is 0.119 e. The Morgan fingerprint density at radius 1 is 1.44 bits per heavy atom. The number of phenols is 1. The van der Waals surface area contributed by atoms with E-state index in [9.17, 15) is 5.11 Å². The third kappa shape index (κ3) is 2.11. The fourth-order valence-corrected chi connectivity index (χ4v) is 3.21. The second kappa shape index (κ2) is 5.47. The van der Waals surface area contributed by atoms with Crippen molar-refractivity contribution in [3.05, 3.63) is 29.3 Å². The Kier molecular flexibility index (Phi) is 4.15. The van der Waals surface area contributed by atoms with Gasteiger partial charge in [-0.2, -0.15) is 0 Å². The molecule has 0 amide bonds. The lowest BCUT2D eigenvalue weighted by Gasteiger charge is -2.44. The zero-order valence-corrected chi connectivity index (χ0v) is 11.4. The number of benzene rings is 1. The van der Waals surface area contributed by atoms with Gasteiger partial charge in [-0.1, -0.05) is 19.1 Å². The molecule has 0 radical (unpaired) electrons. The van der Waals surface area contributed by atoms with Crippen molar-refractivity contribution in [3.63, 3.8) is 0 Å². The Bertz CT molecular complexity index is 424. The maximum absolute atomic E-state index is 9.90. The van der Waals surface area contributed by atoms with E-state index in [1.807, 2.05) is 6.07 Å². The zero-order valence-electron chi connectivity index (χ0n) is 10.6. The molecule has 0 unspecified atom stereocenters. The molecule has 18 heavy (non-hydrogen) atoms. The summed E-state index contributed by atoms with van der Waals surface area (Å²) in [5.74, 6) is 0.429. The van der Waals surface area contributed by atoms with Crippen LogP contribution < -0.4 is 0 Å². The Morgan fingerprint density at radius 3 is 3.06 bits per heavy atom. The molecule has 1 aliphatic heterocycles. The zero-order chi connectivity index (χ0) is 11.8. The van der Waals surface area contributed by atoms with Gasteiger partial charge in [0.1, 0.15) is 5.75 Å². The summed E-state index contributed by atoms with van der Waals surface area (Å²) in [5.41, 5.74) is 2.28. The number of morpholine rings is 1. The van der Waals surface area contributed by atoms with Gasteiger partial charge in [0.2, 0.25) is 0 Å². The summed E-state index contributed by atoms with van der Waals surface area (Å²) in [6.07, 6.45) is 2.20. The number of hydrogen-bond acceptors (Lipinski definition) is 3. The molecule has 1 fully saturated rings. The minimum atomic E-state index is 0. The Balaban J connectivity index is 0.00000120. The molecule has 0 spiro atoms. The van der Waals surface area contributed by atoms with E-state index >= 15 is 0 Å². The van der Waals surface area contributed by atoms with Gasteiger partial charge in [-0.25, -0.2) is 0 Å². The number of phenolic OH excluding ortho intramolecular Hbond substituents is 1. The summed E-state index contributed by atoms with van der Waals surface area (Å²) in [4.78, 5) is 2.50. The minimum absolute atomic E-state index is 0. The quantitative estimate of drug-likeness (QED) is 0.850. The standard InChI is InChI=1S/C14H19NO2.ClH/c1-2-15-8-9-17-14-11-4-3-5-13(16)10(11)6-7-12(14)15;/h3-5,12,14,16H,2,6-9H2,1H3;1H/t12-,14-;/m1./s1. The highest BCUT2D eigenvalue weighted by atomic mass is 35.5. The molecular formula is C14H20ClNO2. The van der Waals surface area contributed by atoms with Crippen LogP contribution in [0, 0.1) is 0 Å². The van der Waals surface area contributed by atoms with Gasteiger partial charge in [-0.3, -0.25) is 4.90 Å². The van der Waals surface area contributed by atoms with Crippen LogP contribution in [-0.4, -0.2) is 35.7 Å². The average molecular weight is 270 g/mol. The fourth-order valence-electron chi connectivity index (χ4n) is 3.21. The molecule has 100 valence electrons. The molecule has 1 heterocycles. The fraction of sp³-hybridized carbons (Fsp3) is 0.571. The van der Waals surface area contributed by atoms with E-state index in [2.05, 4.69) is 17.9 Å². The number of likely N-dealkylation sites (N-methyl/N-ethyl adjacent to an activating group) is 1. The van der Waals surface area contributed by atoms with Crippen LogP contribution in [0.5, 0.6) is 5.75 Å². The number of aromatic hydroxyl groups is 1. The van der Waals surface area contributed by atoms with E-state index in [0.717, 1.165) is 38.1 Å². The Morgan fingerprint density at radius 2 is 2.28 bits per heavy atom. The first kappa shape index (κ1) is 13.7. The van der Waals surface area contributed by atoms with Crippen molar-refractivity contribution in [2.45, 2.75) is 31.9 Å². The molecule has 0 saturated carbocycles. The summed E-state index contributed by atoms with van der Waals surface area (Å²) in [7, 11) is 0. The van der Waals surface area contributed by atoms with Gasteiger partial charge in [0.25, 0.3) is 0 Å². The van der Waals surface area contributed by atoms with E-state index in [1.165, 1.54) is 5.56 Å². The number of fused-ring (bicyclic) bond motifs is 3. The predicted octanol–water partition coefficient (Wildman–Crippen LogP) is 2.52. The summed E-state index contributed by atoms with van der Waals surface area (Å²) in [6, 6.07) is 6.29. The largest absolute Gasteiger partial charge is 0.508 e. The highest BCUT2D eigenvalue weighted by Crippen LogP contribution is 2.40. The van der Waals surface area contributed by atoms with Crippen LogP contribution in [0.25, 0.3) is 0 Å². The monoisotopic (exact) mass is 269 g/mol. The van der Waals surface area contributed by atoms with Gasteiger partial charge in [0.15, 0.2) is 0 Å². The van der Waals surface area contributed by atoms with Crippen molar-refractivity contribution in [2.75, 3.05) is 19.7 Å². The normalized spacial score (nSPS) is 26.9. The first-order valence-electron chi connectivity index (χ1n) is 6.47. The third-order valence-corrected chi connectivity index (χ3v) is 4.08. The molecule has 0 aromatic heterocycles. The molecule has 3 nitrogen and oxygen atoms in total. The van der Waals surface area contributed by atoms with E-state index < -0.39 is 0 Å². The summed E-state index contributed by atoms with van der Waals surface area (Å²) in [5, 5.41) is 9.90. The summed E-state index contributed by atoms with van der Waals surface area (Å²) in [6.45, 7) is 5.12. The second-order valence-electron chi connectivity index (χ2n) is 4.87. The highest BCUT2D eigenvalue weighted by molar-refractivity contribution is 5.85. The molecule has 4 heteroatoms. The number of ether oxygens (including phenoxy) is 1. The van der Waals surface area contributed by atoms with Crippen LogP contribution in [0.15, 0.2) is 18.2 Å². The third-order valence-electron chi connectivity index (χ3n) is 4.08. The first-order valence-corrected chi connectivity index (χ1v) is 6.47. The second-order valence-corrected chi connectivity index (χ2v) is 4.87. The molecule has 1 aromatic carbocycles. The number of hydrogen-bond donors (Lipinski definition) is 1. The van der Waals surface area contributed by atoms with Crippen LogP contribution in [-0.2, 0) is 11.2 Å². The number of halogens is 1. The van der Waals surface area contributed by atoms with Crippen molar-refractivity contribution < 1.29 is 9.84 Å². The van der Waals surface area contributed by atoms with Crippen molar-refractivity contribution >= 4 is 12.4 Å². The molecule has 2 atom stereocenters. The Hall–Kier alpha value is -0.770. The molecule has 3 rings (SSSR count). The number of rotatable bonds is 1. The topological polar surface area (TPSA) is 32.7 Å². The van der Waals surface area contributed by atoms with Crippen LogP contribution >= 0.6 is 12.4 Å². The van der Waals surface area contributed by atoms with E-state index in [4.69, 9.17) is 4.74 Å². The lowest BCUT2D eigenvalue weighted by molar-refractivity contribution is -0.0786. The predicted molar refractivity (Wildman–Crippen MR) is 73.4 cm³/mol. The van der Waals surface area contributed by atoms with Crippen LogP contribution in [0.2, 0.25) is 0 Å². The van der Waals surface area contributed by atoms with Gasteiger partial charge < -0.3 is 9.84 Å². The SMILES string of the molecule is CCN1CCO[C@@H]2c3cccc(O)c3CC[C@H]21.Cl. The van der Waals surface area contributed by atoms with Gasteiger partial charge >= 0.3 is 0 Å². The van der Waals surface area contributed by atoms with Crippen LogP contribution in [0.1, 0.15) is 30.6 Å². The van der Waals surface area contributed by atoms with E-state index in [0.29, 0.717) is 11.8 Å². The first-order chi connectivity index (χ1) is 8.31. The molecular weight excluding hydrogens is 250 g/mol. The van der Waals surface area contributed by atoms with Crippen molar-refractivity contribution in [2.24, 2.45) is 0 Å². The van der Waals surface area contributed by atoms with Crippen molar-refractivity contribution in [3.8, 4) is 5.75 Å². The van der Waals surface area contributed by atoms with Crippen molar-refractivity contribution in [1.82, 2.24) is 4.90 Å². The lowest BCUT2D eigenvalue weighted by Crippen LogP contribution is -2.48. The van der Waals surface area contributed by atoms with Crippen LogP contribution in [0.4, 0.5) is 0 Å². The van der Waals surface area contributed by atoms with E-state index in [1.54, 1.807) is 6.07 Å². The molecule has 1 N–H and O–H groups in total. The maximum atomic E-state index is 9.90. The summed E-state index contributed by atoms with van der Waals surface area (Å²) >= 11 is 0. The van der Waals surface area contributed by atoms with Crippen molar-refractivity contribution in [1.29, 1.82) is 0 Å². The van der Waals surface area contributed by atoms with Gasteiger partial charge in [-0.05, 0) is 36.6 Å². The Labute approximate surface area is 114 Å². The molecule has 1 saturated heterocycles. The summed E-state index contributed by atoms with van der Waals surface area (Å²) < 4.78 is 5.94. The minimum Gasteiger partial charge on any atom is -0.508 e. The van der Waals surface area contributed by atoms with Gasteiger partial charge in [0, 0.05) is 12.6 Å². The van der Waals surface area contributed by atoms with Gasteiger partial charge in [-0.15, -0.1) is 12.4 Å². The molecule has 1 aliphatic carbocycles. The highest BCUT2D eigenvalue weighted by Gasteiger charge is 2.37. The lowest BCUT2D eigenvalue weighted by atomic mass is 9.83. The molecule has 2 aliphatic rings. The number of nitrogens with zero attached hydrogens (tertiary/aromatic N) is 1. The molecule has 1 aromatic rings.